The summed E-state index contributed by atoms with van der Waals surface area (Å²) in [4.78, 5) is 15.9. The van der Waals surface area contributed by atoms with Gasteiger partial charge in [-0.2, -0.15) is 0 Å². The molecular weight excluding hydrogens is 222 g/mol. The van der Waals surface area contributed by atoms with E-state index in [2.05, 4.69) is 10.3 Å². The Morgan fingerprint density at radius 3 is 2.81 bits per heavy atom. The van der Waals surface area contributed by atoms with E-state index in [-0.39, 0.29) is 11.9 Å². The van der Waals surface area contributed by atoms with Crippen LogP contribution in [0.15, 0.2) is 11.6 Å². The summed E-state index contributed by atoms with van der Waals surface area (Å²) in [5.41, 5.74) is 5.33. The third-order valence-electron chi connectivity index (χ3n) is 2.11. The second-order valence-corrected chi connectivity index (χ2v) is 5.49. The van der Waals surface area contributed by atoms with Gasteiger partial charge in [0.2, 0.25) is 5.91 Å². The van der Waals surface area contributed by atoms with Crippen LogP contribution in [-0.4, -0.2) is 16.4 Å². The molecule has 1 unspecified atom stereocenters. The van der Waals surface area contributed by atoms with Gasteiger partial charge in [0.1, 0.15) is 5.01 Å². The number of nitrogens with one attached hydrogen (secondary N) is 1. The number of carbonyl (C=O) groups excluding carboxylic acids is 1. The van der Waals surface area contributed by atoms with E-state index >= 15 is 0 Å². The maximum Gasteiger partial charge on any atom is 0.222 e. The van der Waals surface area contributed by atoms with Crippen LogP contribution in [0.4, 0.5) is 0 Å². The molecule has 0 fully saturated rings. The Kier molecular flexibility index (Phi) is 4.44. The zero-order valence-electron chi connectivity index (χ0n) is 9.99. The molecule has 0 spiro atoms. The number of aromatic nitrogens is 1. The maximum absolute atomic E-state index is 11.7. The molecule has 0 aliphatic heterocycles. The highest BCUT2D eigenvalue weighted by molar-refractivity contribution is 7.09. The third kappa shape index (κ3) is 4.28. The quantitative estimate of drug-likeness (QED) is 0.826. The number of amides is 1. The van der Waals surface area contributed by atoms with Crippen LogP contribution in [0.2, 0.25) is 0 Å². The summed E-state index contributed by atoms with van der Waals surface area (Å²) < 4.78 is 0. The van der Waals surface area contributed by atoms with E-state index < -0.39 is 5.54 Å². The van der Waals surface area contributed by atoms with Gasteiger partial charge in [-0.05, 0) is 20.3 Å². The molecule has 0 aliphatic carbocycles. The second kappa shape index (κ2) is 5.41. The molecule has 1 heterocycles. The van der Waals surface area contributed by atoms with Crippen LogP contribution in [0, 0.1) is 0 Å². The first-order valence-electron chi connectivity index (χ1n) is 5.40. The van der Waals surface area contributed by atoms with E-state index in [1.54, 1.807) is 17.5 Å². The van der Waals surface area contributed by atoms with Crippen LogP contribution in [0.1, 0.15) is 44.7 Å². The van der Waals surface area contributed by atoms with Crippen molar-refractivity contribution in [1.82, 2.24) is 10.3 Å². The Morgan fingerprint density at radius 1 is 1.69 bits per heavy atom. The highest BCUT2D eigenvalue weighted by atomic mass is 32.1. The molecule has 16 heavy (non-hydrogen) atoms. The topological polar surface area (TPSA) is 68.0 Å². The van der Waals surface area contributed by atoms with Gasteiger partial charge < -0.3 is 11.1 Å². The Hall–Kier alpha value is -0.940. The minimum absolute atomic E-state index is 0.00912. The van der Waals surface area contributed by atoms with Gasteiger partial charge >= 0.3 is 0 Å². The number of hydrogen-bond acceptors (Lipinski definition) is 4. The van der Waals surface area contributed by atoms with Crippen LogP contribution in [0.3, 0.4) is 0 Å². The Labute approximate surface area is 100 Å². The lowest BCUT2D eigenvalue weighted by atomic mass is 10.0. The molecule has 0 radical (unpaired) electrons. The summed E-state index contributed by atoms with van der Waals surface area (Å²) >= 11 is 1.56. The van der Waals surface area contributed by atoms with Crippen LogP contribution >= 0.6 is 11.3 Å². The minimum Gasteiger partial charge on any atom is -0.347 e. The van der Waals surface area contributed by atoms with Crippen molar-refractivity contribution < 1.29 is 4.79 Å². The summed E-state index contributed by atoms with van der Waals surface area (Å²) in [5, 5.41) is 5.82. The van der Waals surface area contributed by atoms with Gasteiger partial charge in [-0.15, -0.1) is 11.3 Å². The average molecular weight is 241 g/mol. The van der Waals surface area contributed by atoms with Crippen molar-refractivity contribution in [2.75, 3.05) is 0 Å². The summed E-state index contributed by atoms with van der Waals surface area (Å²) in [6.07, 6.45) is 2.92. The molecule has 4 nitrogen and oxygen atoms in total. The number of hydrogen-bond donors (Lipinski definition) is 2. The molecule has 90 valence electrons. The fraction of sp³-hybridized carbons (Fsp3) is 0.636. The third-order valence-corrected chi connectivity index (χ3v) is 3.00. The van der Waals surface area contributed by atoms with Gasteiger partial charge in [-0.1, -0.05) is 6.92 Å². The van der Waals surface area contributed by atoms with E-state index in [0.29, 0.717) is 6.42 Å². The van der Waals surface area contributed by atoms with Crippen LogP contribution < -0.4 is 11.1 Å². The molecule has 1 amide bonds. The smallest absolute Gasteiger partial charge is 0.222 e. The molecule has 5 heteroatoms. The van der Waals surface area contributed by atoms with Crippen LogP contribution in [0.5, 0.6) is 0 Å². The molecule has 0 saturated heterocycles. The van der Waals surface area contributed by atoms with Gasteiger partial charge in [-0.25, -0.2) is 4.98 Å². The first kappa shape index (κ1) is 13.1. The Balaban J connectivity index is 2.55. The molecule has 1 aromatic heterocycles. The Morgan fingerprint density at radius 2 is 2.38 bits per heavy atom. The van der Waals surface area contributed by atoms with E-state index in [4.69, 9.17) is 5.73 Å². The van der Waals surface area contributed by atoms with Gasteiger partial charge in [0.25, 0.3) is 0 Å². The zero-order chi connectivity index (χ0) is 12.2. The molecule has 3 N–H and O–H groups in total. The molecule has 1 atom stereocenters. The van der Waals surface area contributed by atoms with Gasteiger partial charge in [-0.3, -0.25) is 4.79 Å². The van der Waals surface area contributed by atoms with E-state index in [0.717, 1.165) is 11.4 Å². The highest BCUT2D eigenvalue weighted by Gasteiger charge is 2.20. The lowest BCUT2D eigenvalue weighted by Crippen LogP contribution is -2.40. The molecular formula is C11H19N3OS. The van der Waals surface area contributed by atoms with Crippen molar-refractivity contribution >= 4 is 17.2 Å². The first-order valence-corrected chi connectivity index (χ1v) is 6.28. The van der Waals surface area contributed by atoms with Gasteiger partial charge in [0.05, 0.1) is 6.04 Å². The molecule has 0 bridgehead atoms. The SMILES string of the molecule is CCC(NC(=O)CC(C)(C)N)c1nccs1. The predicted molar refractivity (Wildman–Crippen MR) is 66.2 cm³/mol. The van der Waals surface area contributed by atoms with Crippen molar-refractivity contribution in [2.45, 2.75) is 45.2 Å². The summed E-state index contributed by atoms with van der Waals surface area (Å²) in [5.74, 6) is -0.0189. The normalized spacial score (nSPS) is 13.5. The van der Waals surface area contributed by atoms with Crippen LogP contribution in [-0.2, 0) is 4.79 Å². The van der Waals surface area contributed by atoms with Gasteiger partial charge in [0, 0.05) is 23.5 Å². The average Bonchev–Trinajstić information content (AvgIpc) is 2.63. The fourth-order valence-corrected chi connectivity index (χ4v) is 2.18. The molecule has 0 saturated carbocycles. The zero-order valence-corrected chi connectivity index (χ0v) is 10.8. The number of nitrogens with two attached hydrogens (primary N) is 1. The molecule has 0 aromatic carbocycles. The monoisotopic (exact) mass is 241 g/mol. The number of rotatable bonds is 5. The van der Waals surface area contributed by atoms with Crippen LogP contribution in [0.25, 0.3) is 0 Å². The van der Waals surface area contributed by atoms with Crippen molar-refractivity contribution in [2.24, 2.45) is 5.73 Å². The maximum atomic E-state index is 11.7. The minimum atomic E-state index is -0.467. The number of nitrogens with zero attached hydrogens (tertiary/aromatic N) is 1. The van der Waals surface area contributed by atoms with E-state index in [1.165, 1.54) is 0 Å². The summed E-state index contributed by atoms with van der Waals surface area (Å²) in [7, 11) is 0. The summed E-state index contributed by atoms with van der Waals surface area (Å²) in [6, 6.07) is 0.00912. The first-order chi connectivity index (χ1) is 7.42. The molecule has 1 aromatic rings. The standard InChI is InChI=1S/C11H19N3OS/c1-4-8(10-13-5-6-16-10)14-9(15)7-11(2,3)12/h5-6,8H,4,7,12H2,1-3H3,(H,14,15). The number of thiazole rings is 1. The van der Waals surface area contributed by atoms with Crippen molar-refractivity contribution in [1.29, 1.82) is 0 Å². The fourth-order valence-electron chi connectivity index (χ4n) is 1.40. The van der Waals surface area contributed by atoms with Crippen molar-refractivity contribution in [3.63, 3.8) is 0 Å². The largest absolute Gasteiger partial charge is 0.347 e. The Bertz CT molecular complexity index is 329. The second-order valence-electron chi connectivity index (χ2n) is 4.56. The summed E-state index contributed by atoms with van der Waals surface area (Å²) in [6.45, 7) is 5.72. The van der Waals surface area contributed by atoms with Crippen molar-refractivity contribution in [3.05, 3.63) is 16.6 Å². The van der Waals surface area contributed by atoms with Gasteiger partial charge in [0.15, 0.2) is 0 Å². The van der Waals surface area contributed by atoms with E-state index in [1.807, 2.05) is 26.2 Å². The number of carbonyl (C=O) groups is 1. The predicted octanol–water partition coefficient (Wildman–Crippen LogP) is 1.84. The highest BCUT2D eigenvalue weighted by Crippen LogP contribution is 2.19. The van der Waals surface area contributed by atoms with Crippen molar-refractivity contribution in [3.8, 4) is 0 Å². The lowest BCUT2D eigenvalue weighted by molar-refractivity contribution is -0.122. The molecule has 0 aliphatic rings. The van der Waals surface area contributed by atoms with E-state index in [9.17, 15) is 4.79 Å². The molecule has 1 rings (SSSR count). The lowest BCUT2D eigenvalue weighted by Gasteiger charge is -2.20.